The van der Waals surface area contributed by atoms with Crippen molar-refractivity contribution in [3.8, 4) is 0 Å². The van der Waals surface area contributed by atoms with Gasteiger partial charge in [-0.15, -0.1) is 0 Å². The van der Waals surface area contributed by atoms with Gasteiger partial charge in [0, 0.05) is 30.4 Å². The summed E-state index contributed by atoms with van der Waals surface area (Å²) in [7, 11) is 2.10. The molecule has 2 rings (SSSR count). The molecule has 1 aromatic carbocycles. The Balaban J connectivity index is 1.80. The lowest BCUT2D eigenvalue weighted by atomic mass is 9.92. The van der Waals surface area contributed by atoms with Crippen molar-refractivity contribution < 1.29 is 4.79 Å². The van der Waals surface area contributed by atoms with E-state index >= 15 is 0 Å². The third kappa shape index (κ3) is 3.70. The van der Waals surface area contributed by atoms with Crippen molar-refractivity contribution in [1.29, 1.82) is 0 Å². The highest BCUT2D eigenvalue weighted by Gasteiger charge is 2.21. The lowest BCUT2D eigenvalue weighted by Crippen LogP contribution is -2.38. The number of anilines is 2. The Morgan fingerprint density at radius 3 is 2.79 bits per heavy atom. The van der Waals surface area contributed by atoms with E-state index in [4.69, 9.17) is 5.73 Å². The molecule has 0 saturated heterocycles. The van der Waals surface area contributed by atoms with Crippen molar-refractivity contribution in [1.82, 2.24) is 4.90 Å². The first kappa shape index (κ1) is 13.9. The fourth-order valence-corrected chi connectivity index (χ4v) is 2.33. The van der Waals surface area contributed by atoms with E-state index in [9.17, 15) is 4.79 Å². The Kier molecular flexibility index (Phi) is 4.43. The minimum atomic E-state index is 0.0686. The van der Waals surface area contributed by atoms with Crippen molar-refractivity contribution in [2.45, 2.75) is 38.6 Å². The van der Waals surface area contributed by atoms with Crippen LogP contribution in [0, 0.1) is 6.92 Å². The number of aryl methyl sites for hydroxylation is 1. The summed E-state index contributed by atoms with van der Waals surface area (Å²) in [4.78, 5) is 14.2. The van der Waals surface area contributed by atoms with Gasteiger partial charge in [-0.25, -0.2) is 0 Å². The Morgan fingerprint density at radius 2 is 2.21 bits per heavy atom. The molecule has 1 aliphatic rings. The topological polar surface area (TPSA) is 58.4 Å². The molecule has 0 heterocycles. The van der Waals surface area contributed by atoms with Crippen molar-refractivity contribution in [2.75, 3.05) is 24.6 Å². The van der Waals surface area contributed by atoms with Crippen LogP contribution in [0.25, 0.3) is 0 Å². The summed E-state index contributed by atoms with van der Waals surface area (Å²) in [6, 6.07) is 6.23. The molecule has 0 radical (unpaired) electrons. The molecule has 0 bridgehead atoms. The SMILES string of the molecule is Cc1cc(N)ccc1NC(=O)CCN(C)C1CCC1. The second-order valence-electron chi connectivity index (χ2n) is 5.44. The van der Waals surface area contributed by atoms with Crippen LogP contribution in [-0.4, -0.2) is 30.4 Å². The number of nitrogens with zero attached hydrogens (tertiary/aromatic N) is 1. The summed E-state index contributed by atoms with van der Waals surface area (Å²) < 4.78 is 0. The lowest BCUT2D eigenvalue weighted by molar-refractivity contribution is -0.116. The predicted octanol–water partition coefficient (Wildman–Crippen LogP) is 2.39. The average Bonchev–Trinajstić information content (AvgIpc) is 2.28. The molecule has 1 fully saturated rings. The molecule has 104 valence electrons. The van der Waals surface area contributed by atoms with Gasteiger partial charge in [-0.2, -0.15) is 0 Å². The number of hydrogen-bond acceptors (Lipinski definition) is 3. The highest BCUT2D eigenvalue weighted by atomic mass is 16.1. The molecule has 0 aliphatic heterocycles. The number of benzene rings is 1. The monoisotopic (exact) mass is 261 g/mol. The van der Waals surface area contributed by atoms with E-state index in [1.165, 1.54) is 19.3 Å². The quantitative estimate of drug-likeness (QED) is 0.800. The summed E-state index contributed by atoms with van der Waals surface area (Å²) in [6.07, 6.45) is 4.41. The van der Waals surface area contributed by atoms with Gasteiger partial charge in [-0.1, -0.05) is 6.42 Å². The van der Waals surface area contributed by atoms with E-state index in [2.05, 4.69) is 17.3 Å². The second kappa shape index (κ2) is 6.06. The van der Waals surface area contributed by atoms with Crippen LogP contribution in [0.5, 0.6) is 0 Å². The first-order chi connectivity index (χ1) is 9.06. The maximum atomic E-state index is 11.9. The third-order valence-electron chi connectivity index (χ3n) is 3.91. The lowest BCUT2D eigenvalue weighted by Gasteiger charge is -2.34. The van der Waals surface area contributed by atoms with Crippen molar-refractivity contribution in [2.24, 2.45) is 0 Å². The van der Waals surface area contributed by atoms with Gasteiger partial charge in [0.25, 0.3) is 0 Å². The molecule has 19 heavy (non-hydrogen) atoms. The van der Waals surface area contributed by atoms with E-state index in [1.54, 1.807) is 0 Å². The van der Waals surface area contributed by atoms with Crippen LogP contribution >= 0.6 is 0 Å². The van der Waals surface area contributed by atoms with Gasteiger partial charge in [0.1, 0.15) is 0 Å². The molecule has 1 amide bonds. The molecule has 1 aromatic rings. The highest BCUT2D eigenvalue weighted by molar-refractivity contribution is 5.91. The fourth-order valence-electron chi connectivity index (χ4n) is 2.33. The number of hydrogen-bond donors (Lipinski definition) is 2. The molecule has 3 N–H and O–H groups in total. The molecule has 4 heteroatoms. The molecule has 1 aliphatic carbocycles. The second-order valence-corrected chi connectivity index (χ2v) is 5.44. The van der Waals surface area contributed by atoms with Gasteiger partial charge in [0.05, 0.1) is 0 Å². The summed E-state index contributed by atoms with van der Waals surface area (Å²) in [5.74, 6) is 0.0686. The average molecular weight is 261 g/mol. The zero-order chi connectivity index (χ0) is 13.8. The van der Waals surface area contributed by atoms with Gasteiger partial charge in [0.15, 0.2) is 0 Å². The summed E-state index contributed by atoms with van der Waals surface area (Å²) in [5, 5.41) is 2.95. The van der Waals surface area contributed by atoms with Crippen molar-refractivity contribution in [3.05, 3.63) is 23.8 Å². The van der Waals surface area contributed by atoms with Crippen molar-refractivity contribution >= 4 is 17.3 Å². The third-order valence-corrected chi connectivity index (χ3v) is 3.91. The van der Waals surface area contributed by atoms with Crippen LogP contribution in [0.1, 0.15) is 31.2 Å². The largest absolute Gasteiger partial charge is 0.399 e. The maximum Gasteiger partial charge on any atom is 0.225 e. The van der Waals surface area contributed by atoms with E-state index in [0.29, 0.717) is 12.5 Å². The zero-order valence-corrected chi connectivity index (χ0v) is 11.8. The molecule has 4 nitrogen and oxygen atoms in total. The van der Waals surface area contributed by atoms with Gasteiger partial charge in [0.2, 0.25) is 5.91 Å². The number of amides is 1. The molecule has 0 aromatic heterocycles. The Bertz CT molecular complexity index is 455. The first-order valence-electron chi connectivity index (χ1n) is 6.92. The Hall–Kier alpha value is -1.55. The normalized spacial score (nSPS) is 15.3. The number of carbonyl (C=O) groups excluding carboxylic acids is 1. The van der Waals surface area contributed by atoms with Gasteiger partial charge in [-0.3, -0.25) is 4.79 Å². The van der Waals surface area contributed by atoms with Crippen molar-refractivity contribution in [3.63, 3.8) is 0 Å². The summed E-state index contributed by atoms with van der Waals surface area (Å²) in [6.45, 7) is 2.77. The van der Waals surface area contributed by atoms with E-state index in [-0.39, 0.29) is 5.91 Å². The fraction of sp³-hybridized carbons (Fsp3) is 0.533. The number of nitrogen functional groups attached to an aromatic ring is 1. The Labute approximate surface area is 115 Å². The van der Waals surface area contributed by atoms with Crippen LogP contribution < -0.4 is 11.1 Å². The molecule has 0 atom stereocenters. The first-order valence-corrected chi connectivity index (χ1v) is 6.92. The molecule has 0 unspecified atom stereocenters. The van der Waals surface area contributed by atoms with Crippen LogP contribution in [-0.2, 0) is 4.79 Å². The molecular weight excluding hydrogens is 238 g/mol. The zero-order valence-electron chi connectivity index (χ0n) is 11.8. The number of nitrogens with two attached hydrogens (primary N) is 1. The Morgan fingerprint density at radius 1 is 1.47 bits per heavy atom. The summed E-state index contributed by atoms with van der Waals surface area (Å²) >= 11 is 0. The van der Waals surface area contributed by atoms with Crippen LogP contribution in [0.4, 0.5) is 11.4 Å². The molecule has 0 spiro atoms. The van der Waals surface area contributed by atoms with Gasteiger partial charge >= 0.3 is 0 Å². The van der Waals surface area contributed by atoms with E-state index < -0.39 is 0 Å². The van der Waals surface area contributed by atoms with Crippen LogP contribution in [0.2, 0.25) is 0 Å². The smallest absolute Gasteiger partial charge is 0.225 e. The number of rotatable bonds is 5. The highest BCUT2D eigenvalue weighted by Crippen LogP contribution is 2.23. The van der Waals surface area contributed by atoms with Crippen LogP contribution in [0.3, 0.4) is 0 Å². The van der Waals surface area contributed by atoms with Gasteiger partial charge in [-0.05, 0) is 50.6 Å². The van der Waals surface area contributed by atoms with E-state index in [0.717, 1.165) is 23.5 Å². The maximum absolute atomic E-state index is 11.9. The van der Waals surface area contributed by atoms with Gasteiger partial charge < -0.3 is 16.0 Å². The number of nitrogens with one attached hydrogen (secondary N) is 1. The molecular formula is C15H23N3O. The van der Waals surface area contributed by atoms with E-state index in [1.807, 2.05) is 25.1 Å². The minimum Gasteiger partial charge on any atom is -0.399 e. The standard InChI is InChI=1S/C15H23N3O/c1-11-10-12(16)6-7-14(11)17-15(19)8-9-18(2)13-4-3-5-13/h6-7,10,13H,3-5,8-9,16H2,1-2H3,(H,17,19). The van der Waals surface area contributed by atoms with Crippen LogP contribution in [0.15, 0.2) is 18.2 Å². The predicted molar refractivity (Wildman–Crippen MR) is 79.1 cm³/mol. The molecule has 1 saturated carbocycles. The summed E-state index contributed by atoms with van der Waals surface area (Å²) in [5.41, 5.74) is 8.27. The number of carbonyl (C=O) groups is 1. The minimum absolute atomic E-state index is 0.0686.